The molecule has 0 unspecified atom stereocenters. The first-order valence-corrected chi connectivity index (χ1v) is 6.85. The lowest BCUT2D eigenvalue weighted by atomic mass is 10.1. The first kappa shape index (κ1) is 12.6. The molecule has 1 aromatic heterocycles. The highest BCUT2D eigenvalue weighted by molar-refractivity contribution is 7.22. The van der Waals surface area contributed by atoms with Gasteiger partial charge >= 0.3 is 0 Å². The zero-order valence-corrected chi connectivity index (χ0v) is 11.2. The van der Waals surface area contributed by atoms with Crippen LogP contribution in [0.5, 0.6) is 0 Å². The highest BCUT2D eigenvalue weighted by Gasteiger charge is 2.04. The van der Waals surface area contributed by atoms with Crippen molar-refractivity contribution in [2.24, 2.45) is 0 Å². The fourth-order valence-corrected chi connectivity index (χ4v) is 2.74. The molecule has 2 aromatic carbocycles. The Morgan fingerprint density at radius 2 is 2.00 bits per heavy atom. The van der Waals surface area contributed by atoms with E-state index < -0.39 is 0 Å². The topological polar surface area (TPSA) is 48.7 Å². The third-order valence-electron chi connectivity index (χ3n) is 2.88. The molecule has 0 saturated heterocycles. The Morgan fingerprint density at radius 1 is 1.20 bits per heavy atom. The molecule has 0 aliphatic carbocycles. The number of nitrogens with zero attached hydrogens (tertiary/aromatic N) is 2. The van der Waals surface area contributed by atoms with Gasteiger partial charge in [-0.15, -0.1) is 0 Å². The number of anilines is 1. The number of rotatable bonds is 3. The predicted molar refractivity (Wildman–Crippen MR) is 78.1 cm³/mol. The fourth-order valence-electron chi connectivity index (χ4n) is 1.85. The van der Waals surface area contributed by atoms with E-state index in [0.717, 1.165) is 20.9 Å². The second-order valence-electron chi connectivity index (χ2n) is 4.29. The van der Waals surface area contributed by atoms with Crippen molar-refractivity contribution >= 4 is 26.7 Å². The van der Waals surface area contributed by atoms with Crippen molar-refractivity contribution in [2.45, 2.75) is 6.54 Å². The molecule has 3 rings (SSSR count). The lowest BCUT2D eigenvalue weighted by Gasteiger charge is -2.02. The first-order valence-electron chi connectivity index (χ1n) is 6.03. The van der Waals surface area contributed by atoms with Gasteiger partial charge in [0.15, 0.2) is 5.13 Å². The second kappa shape index (κ2) is 5.27. The monoisotopic (exact) mass is 283 g/mol. The van der Waals surface area contributed by atoms with Gasteiger partial charge in [-0.1, -0.05) is 23.5 Å². The van der Waals surface area contributed by atoms with Gasteiger partial charge in [0.05, 0.1) is 21.8 Å². The summed E-state index contributed by atoms with van der Waals surface area (Å²) in [5.41, 5.74) is 2.50. The summed E-state index contributed by atoms with van der Waals surface area (Å²) in [4.78, 5) is 4.39. The minimum absolute atomic E-state index is 0.250. The molecule has 0 saturated carbocycles. The Balaban J connectivity index is 1.74. The van der Waals surface area contributed by atoms with Crippen molar-refractivity contribution in [3.05, 3.63) is 59.4 Å². The number of nitrogens with one attached hydrogen (secondary N) is 1. The van der Waals surface area contributed by atoms with Crippen LogP contribution in [0.15, 0.2) is 42.5 Å². The minimum Gasteiger partial charge on any atom is -0.357 e. The van der Waals surface area contributed by atoms with Gasteiger partial charge in [-0.25, -0.2) is 9.37 Å². The third kappa shape index (κ3) is 2.60. The fraction of sp³-hybridized carbons (Fsp3) is 0.0667. The maximum Gasteiger partial charge on any atom is 0.184 e. The van der Waals surface area contributed by atoms with E-state index in [1.165, 1.54) is 23.5 Å². The first-order chi connectivity index (χ1) is 9.74. The van der Waals surface area contributed by atoms with Crippen molar-refractivity contribution in [3.63, 3.8) is 0 Å². The van der Waals surface area contributed by atoms with Gasteiger partial charge in [-0.3, -0.25) is 0 Å². The molecule has 20 heavy (non-hydrogen) atoms. The number of hydrogen-bond donors (Lipinski definition) is 1. The predicted octanol–water partition coefficient (Wildman–Crippen LogP) is 3.92. The number of thiazole rings is 1. The van der Waals surface area contributed by atoms with Crippen molar-refractivity contribution in [3.8, 4) is 6.07 Å². The van der Waals surface area contributed by atoms with Gasteiger partial charge in [-0.05, 0) is 35.9 Å². The summed E-state index contributed by atoms with van der Waals surface area (Å²) in [6, 6.07) is 14.0. The summed E-state index contributed by atoms with van der Waals surface area (Å²) in [5.74, 6) is -0.250. The lowest BCUT2D eigenvalue weighted by molar-refractivity contribution is 0.630. The molecule has 0 radical (unpaired) electrons. The Morgan fingerprint density at radius 3 is 2.75 bits per heavy atom. The van der Waals surface area contributed by atoms with Crippen molar-refractivity contribution in [2.75, 3.05) is 5.32 Å². The number of halogens is 1. The molecule has 0 fully saturated rings. The summed E-state index contributed by atoms with van der Waals surface area (Å²) >= 11 is 1.42. The largest absolute Gasteiger partial charge is 0.357 e. The van der Waals surface area contributed by atoms with Crippen LogP contribution in [0.2, 0.25) is 0 Å². The van der Waals surface area contributed by atoms with Gasteiger partial charge in [0.1, 0.15) is 5.82 Å². The van der Waals surface area contributed by atoms with E-state index in [1.807, 2.05) is 12.1 Å². The lowest BCUT2D eigenvalue weighted by Crippen LogP contribution is -1.98. The summed E-state index contributed by atoms with van der Waals surface area (Å²) in [7, 11) is 0. The van der Waals surface area contributed by atoms with E-state index in [4.69, 9.17) is 5.26 Å². The maximum absolute atomic E-state index is 13.1. The van der Waals surface area contributed by atoms with E-state index in [-0.39, 0.29) is 5.82 Å². The normalized spacial score (nSPS) is 10.4. The van der Waals surface area contributed by atoms with Crippen LogP contribution < -0.4 is 5.32 Å². The average Bonchev–Trinajstić information content (AvgIpc) is 2.87. The van der Waals surface area contributed by atoms with E-state index in [1.54, 1.807) is 18.2 Å². The van der Waals surface area contributed by atoms with Gasteiger partial charge in [0, 0.05) is 6.54 Å². The number of aromatic nitrogens is 1. The van der Waals surface area contributed by atoms with Crippen molar-refractivity contribution in [1.82, 2.24) is 4.98 Å². The molecule has 0 spiro atoms. The number of fused-ring (bicyclic) bond motifs is 1. The van der Waals surface area contributed by atoms with E-state index in [2.05, 4.69) is 16.4 Å². The summed E-state index contributed by atoms with van der Waals surface area (Å²) in [6.45, 7) is 0.619. The molecule has 0 atom stereocenters. The highest BCUT2D eigenvalue weighted by Crippen LogP contribution is 2.26. The molecule has 3 nitrogen and oxygen atoms in total. The SMILES string of the molecule is N#Cc1ccc(CNc2nc3ccc(F)cc3s2)cc1. The number of nitriles is 1. The molecule has 5 heteroatoms. The Kier molecular flexibility index (Phi) is 3.32. The van der Waals surface area contributed by atoms with Crippen LogP contribution >= 0.6 is 11.3 Å². The molecule has 0 amide bonds. The van der Waals surface area contributed by atoms with Crippen LogP contribution in [-0.4, -0.2) is 4.98 Å². The average molecular weight is 283 g/mol. The zero-order valence-electron chi connectivity index (χ0n) is 10.4. The smallest absolute Gasteiger partial charge is 0.184 e. The van der Waals surface area contributed by atoms with E-state index in [0.29, 0.717) is 12.1 Å². The van der Waals surface area contributed by atoms with Crippen LogP contribution in [0.1, 0.15) is 11.1 Å². The molecule has 1 heterocycles. The van der Waals surface area contributed by atoms with E-state index >= 15 is 0 Å². The van der Waals surface area contributed by atoms with Crippen LogP contribution in [0.3, 0.4) is 0 Å². The highest BCUT2D eigenvalue weighted by atomic mass is 32.1. The summed E-state index contributed by atoms with van der Waals surface area (Å²) < 4.78 is 13.9. The van der Waals surface area contributed by atoms with Crippen molar-refractivity contribution in [1.29, 1.82) is 5.26 Å². The molecular weight excluding hydrogens is 273 g/mol. The third-order valence-corrected chi connectivity index (χ3v) is 3.85. The minimum atomic E-state index is -0.250. The second-order valence-corrected chi connectivity index (χ2v) is 5.32. The van der Waals surface area contributed by atoms with Crippen LogP contribution in [-0.2, 0) is 6.54 Å². The molecule has 0 aliphatic heterocycles. The number of benzene rings is 2. The Labute approximate surface area is 119 Å². The van der Waals surface area contributed by atoms with E-state index in [9.17, 15) is 4.39 Å². The van der Waals surface area contributed by atoms with Crippen molar-refractivity contribution < 1.29 is 4.39 Å². The summed E-state index contributed by atoms with van der Waals surface area (Å²) in [5, 5.41) is 12.7. The molecule has 0 bridgehead atoms. The Hall–Kier alpha value is -2.45. The van der Waals surface area contributed by atoms with Crippen LogP contribution in [0, 0.1) is 17.1 Å². The number of hydrogen-bond acceptors (Lipinski definition) is 4. The van der Waals surface area contributed by atoms with Gasteiger partial charge in [0.2, 0.25) is 0 Å². The maximum atomic E-state index is 13.1. The Bertz CT molecular complexity index is 787. The van der Waals surface area contributed by atoms with Gasteiger partial charge in [-0.2, -0.15) is 5.26 Å². The standard InChI is InChI=1S/C15H10FN3S/c16-12-5-6-13-14(7-12)20-15(19-13)18-9-11-3-1-10(8-17)2-4-11/h1-7H,9H2,(H,18,19). The quantitative estimate of drug-likeness (QED) is 0.792. The van der Waals surface area contributed by atoms with Crippen LogP contribution in [0.4, 0.5) is 9.52 Å². The molecule has 3 aromatic rings. The summed E-state index contributed by atoms with van der Waals surface area (Å²) in [6.07, 6.45) is 0. The zero-order chi connectivity index (χ0) is 13.9. The van der Waals surface area contributed by atoms with Crippen LogP contribution in [0.25, 0.3) is 10.2 Å². The van der Waals surface area contributed by atoms with Gasteiger partial charge < -0.3 is 5.32 Å². The molecule has 0 aliphatic rings. The molecular formula is C15H10FN3S. The van der Waals surface area contributed by atoms with Gasteiger partial charge in [0.25, 0.3) is 0 Å². The molecule has 1 N–H and O–H groups in total. The molecule has 98 valence electrons.